The van der Waals surface area contributed by atoms with Crippen molar-refractivity contribution in [1.82, 2.24) is 20.0 Å². The van der Waals surface area contributed by atoms with Crippen LogP contribution in [0.1, 0.15) is 48.3 Å². The number of carbonyl (C=O) groups excluding carboxylic acids is 2. The van der Waals surface area contributed by atoms with E-state index in [0.29, 0.717) is 30.6 Å². The maximum Gasteiger partial charge on any atom is 0.272 e. The van der Waals surface area contributed by atoms with Crippen LogP contribution in [0.15, 0.2) is 47.3 Å². The number of rotatable bonds is 4. The normalized spacial score (nSPS) is 20.6. The van der Waals surface area contributed by atoms with Crippen molar-refractivity contribution in [2.45, 2.75) is 45.2 Å². The highest BCUT2D eigenvalue weighted by molar-refractivity contribution is 5.95. The van der Waals surface area contributed by atoms with Crippen molar-refractivity contribution in [3.63, 3.8) is 0 Å². The lowest BCUT2D eigenvalue weighted by Gasteiger charge is -2.44. The van der Waals surface area contributed by atoms with Gasteiger partial charge >= 0.3 is 0 Å². The van der Waals surface area contributed by atoms with Gasteiger partial charge in [-0.2, -0.15) is 5.10 Å². The zero-order valence-electron chi connectivity index (χ0n) is 19.3. The summed E-state index contributed by atoms with van der Waals surface area (Å²) >= 11 is 0. The number of aromatic nitrogens is 2. The van der Waals surface area contributed by atoms with Crippen molar-refractivity contribution in [2.24, 2.45) is 5.92 Å². The Morgan fingerprint density at radius 3 is 2.44 bits per heavy atom. The average molecular weight is 463 g/mol. The van der Waals surface area contributed by atoms with Crippen LogP contribution in [0, 0.1) is 11.7 Å². The van der Waals surface area contributed by atoms with Gasteiger partial charge in [-0.3, -0.25) is 14.4 Å². The largest absolute Gasteiger partial charge is 0.336 e. The van der Waals surface area contributed by atoms with Crippen molar-refractivity contribution >= 4 is 22.6 Å². The Bertz CT molecular complexity index is 1330. The summed E-state index contributed by atoms with van der Waals surface area (Å²) in [6.07, 6.45) is 2.22. The molecule has 2 fully saturated rings. The van der Waals surface area contributed by atoms with E-state index in [9.17, 15) is 18.8 Å². The average Bonchev–Trinajstić information content (AvgIpc) is 3.68. The van der Waals surface area contributed by atoms with Crippen LogP contribution in [0.5, 0.6) is 0 Å². The summed E-state index contributed by atoms with van der Waals surface area (Å²) in [6, 6.07) is 11.4. The lowest BCUT2D eigenvalue weighted by Crippen LogP contribution is -2.59. The molecule has 2 aromatic carbocycles. The maximum atomic E-state index is 14.8. The molecule has 1 aromatic heterocycles. The number of hydrogen-bond acceptors (Lipinski definition) is 4. The Labute approximate surface area is 196 Å². The van der Waals surface area contributed by atoms with Crippen LogP contribution in [0.2, 0.25) is 0 Å². The van der Waals surface area contributed by atoms with E-state index in [0.717, 1.165) is 23.8 Å². The van der Waals surface area contributed by atoms with Crippen LogP contribution >= 0.6 is 0 Å². The molecule has 34 heavy (non-hydrogen) atoms. The van der Waals surface area contributed by atoms with Gasteiger partial charge in [-0.05, 0) is 50.5 Å². The molecule has 2 aliphatic rings. The molecule has 2 amide bonds. The summed E-state index contributed by atoms with van der Waals surface area (Å²) < 4.78 is 14.8. The molecule has 2 heterocycles. The molecule has 1 saturated carbocycles. The number of carbonyl (C=O) groups is 2. The van der Waals surface area contributed by atoms with Gasteiger partial charge in [0.25, 0.3) is 11.5 Å². The van der Waals surface area contributed by atoms with Crippen LogP contribution in [-0.4, -0.2) is 57.0 Å². The molecule has 176 valence electrons. The molecule has 3 aromatic rings. The second kappa shape index (κ2) is 8.66. The number of H-pyrrole nitrogens is 1. The Hall–Kier alpha value is -3.55. The lowest BCUT2D eigenvalue weighted by atomic mass is 10.0. The van der Waals surface area contributed by atoms with Gasteiger partial charge in [-0.1, -0.05) is 24.3 Å². The molecule has 1 aliphatic heterocycles. The molecule has 0 bridgehead atoms. The summed E-state index contributed by atoms with van der Waals surface area (Å²) in [4.78, 5) is 41.6. The highest BCUT2D eigenvalue weighted by atomic mass is 19.1. The Kier molecular flexibility index (Phi) is 5.67. The van der Waals surface area contributed by atoms with E-state index >= 15 is 0 Å². The van der Waals surface area contributed by atoms with Crippen LogP contribution in [0.25, 0.3) is 10.8 Å². The number of fused-ring (bicyclic) bond motifs is 1. The molecule has 5 rings (SSSR count). The molecular weight excluding hydrogens is 435 g/mol. The first-order chi connectivity index (χ1) is 16.3. The lowest BCUT2D eigenvalue weighted by molar-refractivity contribution is -0.137. The Balaban J connectivity index is 1.39. The smallest absolute Gasteiger partial charge is 0.272 e. The number of benzene rings is 2. The number of aromatic amines is 1. The first kappa shape index (κ1) is 22.3. The van der Waals surface area contributed by atoms with E-state index in [2.05, 4.69) is 10.2 Å². The van der Waals surface area contributed by atoms with Crippen LogP contribution in [0.4, 0.5) is 4.39 Å². The van der Waals surface area contributed by atoms with Crippen molar-refractivity contribution in [3.05, 3.63) is 75.5 Å². The minimum Gasteiger partial charge on any atom is -0.336 e. The summed E-state index contributed by atoms with van der Waals surface area (Å²) in [6.45, 7) is 4.66. The summed E-state index contributed by atoms with van der Waals surface area (Å²) in [7, 11) is 0. The number of nitrogens with zero attached hydrogens (tertiary/aromatic N) is 3. The molecular formula is C26H27FN4O3. The first-order valence-corrected chi connectivity index (χ1v) is 11.7. The van der Waals surface area contributed by atoms with Gasteiger partial charge < -0.3 is 9.80 Å². The van der Waals surface area contributed by atoms with Crippen LogP contribution < -0.4 is 5.56 Å². The zero-order valence-corrected chi connectivity index (χ0v) is 19.3. The standard InChI is InChI=1S/C26H27FN4O3/c1-15-14-31(16(2)13-30(15)25(33)18-8-9-18)26(34)21-11-17(7-10-22(21)27)12-23-19-5-3-4-6-20(19)24(32)29-28-23/h3-7,10-11,15-16,18H,8-9,12-14H2,1-2H3,(H,29,32)/t15-,16+/m1/s1. The molecule has 1 N–H and O–H groups in total. The van der Waals surface area contributed by atoms with Gasteiger partial charge in [0.2, 0.25) is 5.91 Å². The third kappa shape index (κ3) is 4.08. The molecule has 0 spiro atoms. The molecule has 0 radical (unpaired) electrons. The van der Waals surface area contributed by atoms with Gasteiger partial charge in [-0.15, -0.1) is 0 Å². The fourth-order valence-corrected chi connectivity index (χ4v) is 4.78. The van der Waals surface area contributed by atoms with Crippen molar-refractivity contribution < 1.29 is 14.0 Å². The number of piperazine rings is 1. The van der Waals surface area contributed by atoms with Gasteiger partial charge in [0.15, 0.2) is 0 Å². The molecule has 8 heteroatoms. The maximum absolute atomic E-state index is 14.8. The van der Waals surface area contributed by atoms with Crippen molar-refractivity contribution in [3.8, 4) is 0 Å². The van der Waals surface area contributed by atoms with Gasteiger partial charge in [-0.25, -0.2) is 9.49 Å². The second-order valence-corrected chi connectivity index (χ2v) is 9.46. The number of nitrogens with one attached hydrogen (secondary N) is 1. The molecule has 1 aliphatic carbocycles. The summed E-state index contributed by atoms with van der Waals surface area (Å²) in [5.41, 5.74) is 1.11. The van der Waals surface area contributed by atoms with Gasteiger partial charge in [0.05, 0.1) is 16.6 Å². The van der Waals surface area contributed by atoms with Gasteiger partial charge in [0, 0.05) is 42.9 Å². The van der Waals surface area contributed by atoms with E-state index in [1.807, 2.05) is 30.9 Å². The quantitative estimate of drug-likeness (QED) is 0.646. The van der Waals surface area contributed by atoms with E-state index < -0.39 is 5.82 Å². The van der Waals surface area contributed by atoms with E-state index in [1.54, 1.807) is 29.2 Å². The third-order valence-corrected chi connectivity index (χ3v) is 6.86. The van der Waals surface area contributed by atoms with E-state index in [1.165, 1.54) is 6.07 Å². The van der Waals surface area contributed by atoms with E-state index in [4.69, 9.17) is 0 Å². The summed E-state index contributed by atoms with van der Waals surface area (Å²) in [5.74, 6) is -0.662. The predicted molar refractivity (Wildman–Crippen MR) is 126 cm³/mol. The minimum absolute atomic E-state index is 0.00671. The SMILES string of the molecule is C[C@@H]1CN(C(=O)c2cc(Cc3n[nH]c(=O)c4ccccc34)ccc2F)[C@@H](C)CN1C(=O)C1CC1. The molecule has 7 nitrogen and oxygen atoms in total. The van der Waals surface area contributed by atoms with Gasteiger partial charge in [0.1, 0.15) is 5.82 Å². The van der Waals surface area contributed by atoms with Crippen molar-refractivity contribution in [1.29, 1.82) is 0 Å². The number of halogens is 1. The monoisotopic (exact) mass is 462 g/mol. The second-order valence-electron chi connectivity index (χ2n) is 9.46. The summed E-state index contributed by atoms with van der Waals surface area (Å²) in [5, 5.41) is 7.96. The minimum atomic E-state index is -0.579. The molecule has 0 unspecified atom stereocenters. The molecule has 1 saturated heterocycles. The van der Waals surface area contributed by atoms with Crippen molar-refractivity contribution in [2.75, 3.05) is 13.1 Å². The zero-order chi connectivity index (χ0) is 24.0. The van der Waals surface area contributed by atoms with Crippen LogP contribution in [0.3, 0.4) is 0 Å². The fraction of sp³-hybridized carbons (Fsp3) is 0.385. The first-order valence-electron chi connectivity index (χ1n) is 11.7. The number of hydrogen-bond donors (Lipinski definition) is 1. The van der Waals surface area contributed by atoms with Crippen LogP contribution in [-0.2, 0) is 11.2 Å². The highest BCUT2D eigenvalue weighted by Gasteiger charge is 2.40. The fourth-order valence-electron chi connectivity index (χ4n) is 4.78. The highest BCUT2D eigenvalue weighted by Crippen LogP contribution is 2.33. The number of amides is 2. The predicted octanol–water partition coefficient (Wildman–Crippen LogP) is 3.12. The van der Waals surface area contributed by atoms with E-state index in [-0.39, 0.29) is 40.9 Å². The Morgan fingerprint density at radius 1 is 1.03 bits per heavy atom. The molecule has 2 atom stereocenters. The third-order valence-electron chi connectivity index (χ3n) is 6.86. The Morgan fingerprint density at radius 2 is 1.71 bits per heavy atom. The topological polar surface area (TPSA) is 86.4 Å².